The molecule has 28 heavy (non-hydrogen) atoms. The number of anilines is 1. The van der Waals surface area contributed by atoms with Gasteiger partial charge in [-0.15, -0.1) is 0 Å². The molecule has 140 valence electrons. The van der Waals surface area contributed by atoms with Crippen molar-refractivity contribution in [2.75, 3.05) is 11.9 Å². The second kappa shape index (κ2) is 7.78. The first-order valence-electron chi connectivity index (χ1n) is 8.98. The topological polar surface area (TPSA) is 68.3 Å². The number of hydrogen-bond acceptors (Lipinski definition) is 5. The summed E-state index contributed by atoms with van der Waals surface area (Å²) in [7, 11) is 0. The van der Waals surface area contributed by atoms with Crippen LogP contribution in [0.1, 0.15) is 23.7 Å². The second-order valence-electron chi connectivity index (χ2n) is 6.29. The average molecular weight is 390 g/mol. The zero-order chi connectivity index (χ0) is 19.5. The van der Waals surface area contributed by atoms with E-state index in [0.29, 0.717) is 22.9 Å². The molecule has 0 radical (unpaired) electrons. The molecule has 0 bridgehead atoms. The van der Waals surface area contributed by atoms with Crippen LogP contribution in [0.2, 0.25) is 0 Å². The van der Waals surface area contributed by atoms with Crippen LogP contribution < -0.4 is 10.1 Å². The van der Waals surface area contributed by atoms with Gasteiger partial charge in [0.25, 0.3) is 5.91 Å². The fourth-order valence-electron chi connectivity index (χ4n) is 2.96. The molecule has 0 fully saturated rings. The summed E-state index contributed by atoms with van der Waals surface area (Å²) in [6, 6.07) is 18.9. The molecular formula is C22H18N2O3S. The van der Waals surface area contributed by atoms with E-state index in [9.17, 15) is 9.59 Å². The SMILES string of the molecule is CCC(=O)c1ccc(OCC(=O)Nc2nc3c(ccc4ccccc43)s2)cc1. The predicted octanol–water partition coefficient (Wildman–Crippen LogP) is 5.06. The Morgan fingerprint density at radius 1 is 1.04 bits per heavy atom. The molecule has 4 rings (SSSR count). The molecule has 5 nitrogen and oxygen atoms in total. The standard InChI is InChI=1S/C22H18N2O3S/c1-2-18(25)15-7-10-16(11-8-15)27-13-20(26)23-22-24-21-17-6-4-3-5-14(17)9-12-19(21)28-22/h3-12H,2,13H2,1H3,(H,23,24,26). The van der Waals surface area contributed by atoms with Crippen LogP contribution in [0.25, 0.3) is 21.0 Å². The number of ether oxygens (including phenoxy) is 1. The summed E-state index contributed by atoms with van der Waals surface area (Å²) in [6.45, 7) is 1.69. The summed E-state index contributed by atoms with van der Waals surface area (Å²) in [5.74, 6) is 0.336. The minimum absolute atomic E-state index is 0.0765. The van der Waals surface area contributed by atoms with E-state index in [-0.39, 0.29) is 18.3 Å². The molecule has 0 atom stereocenters. The summed E-state index contributed by atoms with van der Waals surface area (Å²) < 4.78 is 6.53. The summed E-state index contributed by atoms with van der Waals surface area (Å²) in [5.41, 5.74) is 1.52. The molecule has 1 amide bonds. The molecule has 0 aliphatic carbocycles. The van der Waals surface area contributed by atoms with Gasteiger partial charge in [0, 0.05) is 17.4 Å². The van der Waals surface area contributed by atoms with Crippen molar-refractivity contribution >= 4 is 49.1 Å². The van der Waals surface area contributed by atoms with Crippen LogP contribution in [-0.2, 0) is 4.79 Å². The number of carbonyl (C=O) groups excluding carboxylic acids is 2. The quantitative estimate of drug-likeness (QED) is 0.467. The van der Waals surface area contributed by atoms with Gasteiger partial charge in [-0.1, -0.05) is 48.6 Å². The highest BCUT2D eigenvalue weighted by Gasteiger charge is 2.11. The zero-order valence-corrected chi connectivity index (χ0v) is 16.1. The van der Waals surface area contributed by atoms with Gasteiger partial charge in [0.2, 0.25) is 0 Å². The second-order valence-corrected chi connectivity index (χ2v) is 7.32. The third-order valence-corrected chi connectivity index (χ3v) is 5.33. The number of amides is 1. The van der Waals surface area contributed by atoms with E-state index in [1.165, 1.54) is 11.3 Å². The minimum atomic E-state index is -0.280. The maximum absolute atomic E-state index is 12.2. The van der Waals surface area contributed by atoms with Gasteiger partial charge in [0.15, 0.2) is 17.5 Å². The summed E-state index contributed by atoms with van der Waals surface area (Å²) in [6.07, 6.45) is 0.458. The Kier molecular flexibility index (Phi) is 5.04. The number of benzene rings is 3. The maximum Gasteiger partial charge on any atom is 0.264 e. The molecule has 0 saturated carbocycles. The number of aromatic nitrogens is 1. The maximum atomic E-state index is 12.2. The van der Waals surface area contributed by atoms with E-state index in [1.54, 1.807) is 24.3 Å². The van der Waals surface area contributed by atoms with Crippen LogP contribution in [0, 0.1) is 0 Å². The highest BCUT2D eigenvalue weighted by Crippen LogP contribution is 2.31. The first kappa shape index (κ1) is 18.1. The molecule has 6 heteroatoms. The van der Waals surface area contributed by atoms with E-state index in [1.807, 2.05) is 37.3 Å². The van der Waals surface area contributed by atoms with Gasteiger partial charge in [0.1, 0.15) is 5.75 Å². The molecule has 4 aromatic rings. The Morgan fingerprint density at radius 3 is 2.61 bits per heavy atom. The van der Waals surface area contributed by atoms with Crippen LogP contribution in [0.4, 0.5) is 5.13 Å². The monoisotopic (exact) mass is 390 g/mol. The van der Waals surface area contributed by atoms with Crippen molar-refractivity contribution in [2.45, 2.75) is 13.3 Å². The Balaban J connectivity index is 1.42. The summed E-state index contributed by atoms with van der Waals surface area (Å²) in [4.78, 5) is 28.4. The highest BCUT2D eigenvalue weighted by atomic mass is 32.1. The molecule has 0 unspecified atom stereocenters. The molecular weight excluding hydrogens is 372 g/mol. The lowest BCUT2D eigenvalue weighted by Gasteiger charge is -2.06. The third-order valence-electron chi connectivity index (χ3n) is 4.40. The van der Waals surface area contributed by atoms with Gasteiger partial charge in [-0.05, 0) is 35.7 Å². The van der Waals surface area contributed by atoms with Gasteiger partial charge in [-0.25, -0.2) is 4.98 Å². The van der Waals surface area contributed by atoms with Crippen LogP contribution in [0.3, 0.4) is 0 Å². The molecule has 0 aliphatic heterocycles. The number of rotatable bonds is 6. The number of nitrogens with one attached hydrogen (secondary N) is 1. The lowest BCUT2D eigenvalue weighted by atomic mass is 10.1. The molecule has 1 heterocycles. The van der Waals surface area contributed by atoms with Crippen molar-refractivity contribution in [1.82, 2.24) is 4.98 Å². The number of hydrogen-bond donors (Lipinski definition) is 1. The molecule has 1 N–H and O–H groups in total. The van der Waals surface area contributed by atoms with E-state index in [2.05, 4.69) is 16.4 Å². The van der Waals surface area contributed by atoms with Crippen molar-refractivity contribution in [1.29, 1.82) is 0 Å². The van der Waals surface area contributed by atoms with E-state index in [0.717, 1.165) is 21.0 Å². The Hall–Kier alpha value is -3.25. The van der Waals surface area contributed by atoms with Crippen LogP contribution in [-0.4, -0.2) is 23.3 Å². The number of nitrogens with zero attached hydrogens (tertiary/aromatic N) is 1. The Bertz CT molecular complexity index is 1170. The lowest BCUT2D eigenvalue weighted by molar-refractivity contribution is -0.118. The van der Waals surface area contributed by atoms with Crippen molar-refractivity contribution in [3.63, 3.8) is 0 Å². The van der Waals surface area contributed by atoms with Crippen molar-refractivity contribution in [2.24, 2.45) is 0 Å². The fraction of sp³-hybridized carbons (Fsp3) is 0.136. The van der Waals surface area contributed by atoms with Crippen molar-refractivity contribution in [3.05, 3.63) is 66.2 Å². The average Bonchev–Trinajstić information content (AvgIpc) is 3.15. The van der Waals surface area contributed by atoms with Crippen LogP contribution in [0.5, 0.6) is 5.75 Å². The van der Waals surface area contributed by atoms with Gasteiger partial charge >= 0.3 is 0 Å². The smallest absolute Gasteiger partial charge is 0.264 e. The Labute approximate surface area is 166 Å². The number of carbonyl (C=O) groups is 2. The summed E-state index contributed by atoms with van der Waals surface area (Å²) >= 11 is 1.43. The van der Waals surface area contributed by atoms with Crippen molar-refractivity contribution in [3.8, 4) is 5.75 Å². The lowest BCUT2D eigenvalue weighted by Crippen LogP contribution is -2.20. The minimum Gasteiger partial charge on any atom is -0.484 e. The largest absolute Gasteiger partial charge is 0.484 e. The Morgan fingerprint density at radius 2 is 1.82 bits per heavy atom. The first-order valence-corrected chi connectivity index (χ1v) is 9.80. The van der Waals surface area contributed by atoms with E-state index >= 15 is 0 Å². The first-order chi connectivity index (χ1) is 13.6. The third kappa shape index (κ3) is 3.73. The van der Waals surface area contributed by atoms with Crippen LogP contribution >= 0.6 is 11.3 Å². The van der Waals surface area contributed by atoms with Gasteiger partial charge < -0.3 is 4.74 Å². The van der Waals surface area contributed by atoms with E-state index < -0.39 is 0 Å². The molecule has 0 saturated heterocycles. The van der Waals surface area contributed by atoms with Crippen molar-refractivity contribution < 1.29 is 14.3 Å². The van der Waals surface area contributed by atoms with Gasteiger partial charge in [-0.2, -0.15) is 0 Å². The molecule has 0 spiro atoms. The highest BCUT2D eigenvalue weighted by molar-refractivity contribution is 7.22. The van der Waals surface area contributed by atoms with E-state index in [4.69, 9.17) is 4.74 Å². The number of fused-ring (bicyclic) bond motifs is 3. The van der Waals surface area contributed by atoms with Crippen LogP contribution in [0.15, 0.2) is 60.7 Å². The van der Waals surface area contributed by atoms with Gasteiger partial charge in [0.05, 0.1) is 10.2 Å². The number of ketones is 1. The number of Topliss-reactive ketones (excluding diaryl/α,β-unsaturated/α-hetero) is 1. The van der Waals surface area contributed by atoms with Gasteiger partial charge in [-0.3, -0.25) is 14.9 Å². The number of thiazole rings is 1. The molecule has 0 aliphatic rings. The summed E-state index contributed by atoms with van der Waals surface area (Å²) in [5, 5.41) is 5.52. The predicted molar refractivity (Wildman–Crippen MR) is 112 cm³/mol. The zero-order valence-electron chi connectivity index (χ0n) is 15.3. The fourth-order valence-corrected chi connectivity index (χ4v) is 3.86. The molecule has 3 aromatic carbocycles. The molecule has 1 aromatic heterocycles. The normalized spacial score (nSPS) is 10.9.